The summed E-state index contributed by atoms with van der Waals surface area (Å²) in [5.41, 5.74) is 5.14. The van der Waals surface area contributed by atoms with Crippen molar-refractivity contribution in [1.29, 1.82) is 0 Å². The van der Waals surface area contributed by atoms with Crippen LogP contribution >= 0.6 is 0 Å². The zero-order valence-electron chi connectivity index (χ0n) is 13.2. The number of likely N-dealkylation sites (N-methyl/N-ethyl adjacent to an activating group) is 1. The third kappa shape index (κ3) is 4.42. The molecule has 1 heterocycles. The number of hydrogen-bond donors (Lipinski definition) is 2. The van der Waals surface area contributed by atoms with Crippen LogP contribution in [0.1, 0.15) is 10.4 Å². The number of nitrogens with zero attached hydrogens (tertiary/aromatic N) is 2. The zero-order chi connectivity index (χ0) is 17.7. The molecule has 2 amide bonds. The second-order valence-corrected chi connectivity index (χ2v) is 5.26. The molecule has 0 aliphatic heterocycles. The number of carbonyl (C=O) groups is 2. The van der Waals surface area contributed by atoms with E-state index in [4.69, 9.17) is 0 Å². The van der Waals surface area contributed by atoms with Gasteiger partial charge in [0.05, 0.1) is 11.3 Å². The molecule has 0 radical (unpaired) electrons. The van der Waals surface area contributed by atoms with Crippen LogP contribution in [0.5, 0.6) is 0 Å². The van der Waals surface area contributed by atoms with Crippen LogP contribution in [0.3, 0.4) is 0 Å². The van der Waals surface area contributed by atoms with Gasteiger partial charge in [-0.1, -0.05) is 6.07 Å². The summed E-state index contributed by atoms with van der Waals surface area (Å²) in [6.07, 6.45) is 1.30. The van der Waals surface area contributed by atoms with E-state index >= 15 is 0 Å². The first kappa shape index (κ1) is 17.2. The SMILES string of the molecule is CN(C)C(=O)Cn1cc(C(=O)NNc2cccc(F)c2)ccc1=O. The van der Waals surface area contributed by atoms with E-state index < -0.39 is 11.7 Å². The Labute approximate surface area is 137 Å². The standard InChI is InChI=1S/C16H17FN4O3/c1-20(2)15(23)10-21-9-11(6-7-14(21)22)16(24)19-18-13-5-3-4-12(17)8-13/h3-9,18H,10H2,1-2H3,(H,19,24). The van der Waals surface area contributed by atoms with Crippen LogP contribution in [0.4, 0.5) is 10.1 Å². The summed E-state index contributed by atoms with van der Waals surface area (Å²) in [5.74, 6) is -1.23. The van der Waals surface area contributed by atoms with Crippen molar-refractivity contribution in [3.05, 3.63) is 64.3 Å². The first-order valence-corrected chi connectivity index (χ1v) is 7.09. The monoisotopic (exact) mass is 332 g/mol. The number of carbonyl (C=O) groups excluding carboxylic acids is 2. The molecule has 0 aliphatic rings. The van der Waals surface area contributed by atoms with E-state index in [1.165, 1.54) is 41.4 Å². The number of amides is 2. The third-order valence-corrected chi connectivity index (χ3v) is 3.20. The summed E-state index contributed by atoms with van der Waals surface area (Å²) in [5, 5.41) is 0. The molecule has 0 saturated heterocycles. The fourth-order valence-corrected chi connectivity index (χ4v) is 1.84. The van der Waals surface area contributed by atoms with Gasteiger partial charge in [-0.05, 0) is 24.3 Å². The van der Waals surface area contributed by atoms with E-state index in [0.717, 1.165) is 4.57 Å². The smallest absolute Gasteiger partial charge is 0.271 e. The summed E-state index contributed by atoms with van der Waals surface area (Å²) >= 11 is 0. The van der Waals surface area contributed by atoms with Crippen molar-refractivity contribution in [2.45, 2.75) is 6.54 Å². The lowest BCUT2D eigenvalue weighted by Gasteiger charge is -2.13. The molecule has 1 aromatic heterocycles. The summed E-state index contributed by atoms with van der Waals surface area (Å²) in [7, 11) is 3.15. The van der Waals surface area contributed by atoms with Gasteiger partial charge in [-0.15, -0.1) is 0 Å². The highest BCUT2D eigenvalue weighted by molar-refractivity contribution is 5.94. The minimum atomic E-state index is -0.523. The van der Waals surface area contributed by atoms with Crippen molar-refractivity contribution < 1.29 is 14.0 Å². The van der Waals surface area contributed by atoms with Gasteiger partial charge in [0, 0.05) is 26.4 Å². The van der Waals surface area contributed by atoms with E-state index in [-0.39, 0.29) is 23.6 Å². The minimum Gasteiger partial charge on any atom is -0.347 e. The van der Waals surface area contributed by atoms with Crippen LogP contribution in [0.15, 0.2) is 47.4 Å². The average Bonchev–Trinajstić information content (AvgIpc) is 2.54. The van der Waals surface area contributed by atoms with Crippen molar-refractivity contribution >= 4 is 17.5 Å². The largest absolute Gasteiger partial charge is 0.347 e. The van der Waals surface area contributed by atoms with Gasteiger partial charge >= 0.3 is 0 Å². The lowest BCUT2D eigenvalue weighted by molar-refractivity contribution is -0.129. The molecule has 2 aromatic rings. The molecule has 2 N–H and O–H groups in total. The number of pyridine rings is 1. The van der Waals surface area contributed by atoms with Gasteiger partial charge in [0.15, 0.2) is 0 Å². The van der Waals surface area contributed by atoms with Crippen LogP contribution in [0.2, 0.25) is 0 Å². The molecule has 0 fully saturated rings. The van der Waals surface area contributed by atoms with Crippen LogP contribution in [-0.4, -0.2) is 35.4 Å². The first-order valence-electron chi connectivity index (χ1n) is 7.09. The van der Waals surface area contributed by atoms with Crippen molar-refractivity contribution in [2.24, 2.45) is 0 Å². The van der Waals surface area contributed by atoms with Gasteiger partial charge in [0.2, 0.25) is 5.91 Å². The molecule has 8 heteroatoms. The molecular formula is C16H17FN4O3. The van der Waals surface area contributed by atoms with Gasteiger partial charge in [0.1, 0.15) is 12.4 Å². The lowest BCUT2D eigenvalue weighted by atomic mass is 10.2. The second-order valence-electron chi connectivity index (χ2n) is 5.26. The third-order valence-electron chi connectivity index (χ3n) is 3.20. The Kier molecular flexibility index (Phi) is 5.31. The van der Waals surface area contributed by atoms with Crippen LogP contribution in [-0.2, 0) is 11.3 Å². The molecule has 1 aromatic carbocycles. The normalized spacial score (nSPS) is 10.1. The Morgan fingerprint density at radius 2 is 1.96 bits per heavy atom. The minimum absolute atomic E-state index is 0.162. The highest BCUT2D eigenvalue weighted by atomic mass is 19.1. The average molecular weight is 332 g/mol. The zero-order valence-corrected chi connectivity index (χ0v) is 13.2. The molecule has 0 bridgehead atoms. The van der Waals surface area contributed by atoms with Gasteiger partial charge in [0.25, 0.3) is 11.5 Å². The Morgan fingerprint density at radius 1 is 1.21 bits per heavy atom. The van der Waals surface area contributed by atoms with Gasteiger partial charge < -0.3 is 9.47 Å². The number of anilines is 1. The molecule has 0 aliphatic carbocycles. The number of benzene rings is 1. The molecule has 0 spiro atoms. The Hall–Kier alpha value is -3.16. The highest BCUT2D eigenvalue weighted by Crippen LogP contribution is 2.07. The van der Waals surface area contributed by atoms with Crippen LogP contribution in [0, 0.1) is 5.82 Å². The van der Waals surface area contributed by atoms with Crippen LogP contribution < -0.4 is 16.4 Å². The fraction of sp³-hybridized carbons (Fsp3) is 0.188. The highest BCUT2D eigenvalue weighted by Gasteiger charge is 2.11. The number of rotatable bonds is 5. The molecular weight excluding hydrogens is 315 g/mol. The van der Waals surface area contributed by atoms with Crippen molar-refractivity contribution in [2.75, 3.05) is 19.5 Å². The van der Waals surface area contributed by atoms with E-state index in [0.29, 0.717) is 5.69 Å². The number of nitrogens with one attached hydrogen (secondary N) is 2. The Bertz CT molecular complexity index is 817. The second kappa shape index (κ2) is 7.40. The van der Waals surface area contributed by atoms with E-state index in [1.807, 2.05) is 0 Å². The molecule has 7 nitrogen and oxygen atoms in total. The summed E-state index contributed by atoms with van der Waals surface area (Å²) in [6.45, 7) is -0.162. The number of hydrazine groups is 1. The predicted molar refractivity (Wildman–Crippen MR) is 86.9 cm³/mol. The topological polar surface area (TPSA) is 83.4 Å². The van der Waals surface area contributed by atoms with Crippen LogP contribution in [0.25, 0.3) is 0 Å². The summed E-state index contributed by atoms with van der Waals surface area (Å²) in [4.78, 5) is 36.9. The van der Waals surface area contributed by atoms with E-state index in [2.05, 4.69) is 10.9 Å². The fourth-order valence-electron chi connectivity index (χ4n) is 1.84. The van der Waals surface area contributed by atoms with Crippen molar-refractivity contribution in [3.63, 3.8) is 0 Å². The molecule has 0 unspecified atom stereocenters. The predicted octanol–water partition coefficient (Wildman–Crippen LogP) is 0.832. The molecule has 24 heavy (non-hydrogen) atoms. The molecule has 0 saturated carbocycles. The van der Waals surface area contributed by atoms with Gasteiger partial charge in [-0.25, -0.2) is 4.39 Å². The number of hydrogen-bond acceptors (Lipinski definition) is 4. The summed E-state index contributed by atoms with van der Waals surface area (Å²) < 4.78 is 14.2. The number of aromatic nitrogens is 1. The number of halogens is 1. The molecule has 2 rings (SSSR count). The van der Waals surface area contributed by atoms with E-state index in [9.17, 15) is 18.8 Å². The first-order chi connectivity index (χ1) is 11.4. The Balaban J connectivity index is 2.09. The quantitative estimate of drug-likeness (QED) is 0.795. The molecule has 0 atom stereocenters. The van der Waals surface area contributed by atoms with Gasteiger partial charge in [-0.3, -0.25) is 25.2 Å². The summed E-state index contributed by atoms with van der Waals surface area (Å²) in [6, 6.07) is 8.14. The lowest BCUT2D eigenvalue weighted by Crippen LogP contribution is -2.33. The maximum atomic E-state index is 13.1. The molecule has 126 valence electrons. The maximum Gasteiger partial charge on any atom is 0.271 e. The maximum absolute atomic E-state index is 13.1. The van der Waals surface area contributed by atoms with E-state index in [1.54, 1.807) is 20.2 Å². The van der Waals surface area contributed by atoms with Crippen molar-refractivity contribution in [3.8, 4) is 0 Å². The van der Waals surface area contributed by atoms with Gasteiger partial charge in [-0.2, -0.15) is 0 Å². The van der Waals surface area contributed by atoms with Crippen molar-refractivity contribution in [1.82, 2.24) is 14.9 Å². The Morgan fingerprint density at radius 3 is 2.62 bits per heavy atom.